The average Bonchev–Trinajstić information content (AvgIpc) is 2.73. The van der Waals surface area contributed by atoms with E-state index < -0.39 is 23.4 Å². The summed E-state index contributed by atoms with van der Waals surface area (Å²) in [4.78, 5) is 22.1. The molecular weight excluding hydrogens is 408 g/mol. The number of nitrogens with zero attached hydrogens (tertiary/aromatic N) is 4. The molecule has 0 bridgehead atoms. The van der Waals surface area contributed by atoms with Crippen LogP contribution in [0.5, 0.6) is 17.2 Å². The number of aromatic carboxylic acids is 2. The van der Waals surface area contributed by atoms with Gasteiger partial charge in [-0.15, -0.1) is 5.11 Å². The van der Waals surface area contributed by atoms with Crippen LogP contribution in [0.4, 0.5) is 22.7 Å². The van der Waals surface area contributed by atoms with Crippen LogP contribution in [-0.4, -0.2) is 37.5 Å². The Morgan fingerprint density at radius 3 is 1.39 bits per heavy atom. The largest absolute Gasteiger partial charge is 0.507 e. The molecule has 5 N–H and O–H groups in total. The Labute approximate surface area is 173 Å². The normalized spacial score (nSPS) is 11.2. The second-order valence-corrected chi connectivity index (χ2v) is 6.09. The second kappa shape index (κ2) is 8.69. The molecule has 0 spiro atoms. The van der Waals surface area contributed by atoms with Gasteiger partial charge in [-0.25, -0.2) is 9.59 Å². The molecule has 0 aromatic heterocycles. The first-order valence-electron chi connectivity index (χ1n) is 8.53. The monoisotopic (exact) mass is 422 g/mol. The van der Waals surface area contributed by atoms with Crippen molar-refractivity contribution in [2.75, 3.05) is 0 Å². The minimum absolute atomic E-state index is 0.0123. The lowest BCUT2D eigenvalue weighted by molar-refractivity contribution is 0.0682. The molecular formula is C20H14N4O7. The van der Waals surface area contributed by atoms with E-state index in [1.54, 1.807) is 0 Å². The van der Waals surface area contributed by atoms with E-state index in [1.807, 2.05) is 0 Å². The second-order valence-electron chi connectivity index (χ2n) is 6.09. The highest BCUT2D eigenvalue weighted by molar-refractivity contribution is 5.92. The summed E-state index contributed by atoms with van der Waals surface area (Å²) in [7, 11) is 0. The molecule has 31 heavy (non-hydrogen) atoms. The number of rotatable bonds is 6. The van der Waals surface area contributed by atoms with Crippen LogP contribution in [0.2, 0.25) is 0 Å². The standard InChI is InChI=1S/C20H14N4O7/c25-16-4-1-10(7-13(16)19(28)29)21-22-12-3-6-18(27)15(9-12)24-23-11-2-5-17(26)14(8-11)20(30)31/h1-9,25-27H,(H,28,29)(H,30,31). The van der Waals surface area contributed by atoms with Gasteiger partial charge >= 0.3 is 11.9 Å². The third-order valence-electron chi connectivity index (χ3n) is 3.93. The number of aromatic hydroxyl groups is 3. The summed E-state index contributed by atoms with van der Waals surface area (Å²) in [6, 6.07) is 11.4. The number of hydrogen-bond donors (Lipinski definition) is 5. The Morgan fingerprint density at radius 1 is 0.548 bits per heavy atom. The Balaban J connectivity index is 1.86. The van der Waals surface area contributed by atoms with Crippen molar-refractivity contribution in [3.05, 3.63) is 65.7 Å². The molecule has 0 saturated carbocycles. The highest BCUT2D eigenvalue weighted by Gasteiger charge is 2.11. The van der Waals surface area contributed by atoms with Crippen molar-refractivity contribution in [3.63, 3.8) is 0 Å². The number of phenols is 3. The zero-order valence-corrected chi connectivity index (χ0v) is 15.5. The van der Waals surface area contributed by atoms with E-state index in [-0.39, 0.29) is 39.6 Å². The Kier molecular flexibility index (Phi) is 5.87. The lowest BCUT2D eigenvalue weighted by Gasteiger charge is -2.02. The fourth-order valence-electron chi connectivity index (χ4n) is 2.40. The number of phenolic OH excluding ortho intramolecular Hbond substituents is 1. The fraction of sp³-hybridized carbons (Fsp3) is 0. The molecule has 0 heterocycles. The topological polar surface area (TPSA) is 185 Å². The third kappa shape index (κ3) is 4.98. The summed E-state index contributed by atoms with van der Waals surface area (Å²) in [6.45, 7) is 0. The van der Waals surface area contributed by atoms with E-state index in [1.165, 1.54) is 36.4 Å². The SMILES string of the molecule is O=C(O)c1cc(N=Nc2ccc(O)c(N=Nc3ccc(O)c(C(=O)O)c3)c2)ccc1O. The molecule has 0 aliphatic heterocycles. The van der Waals surface area contributed by atoms with Crippen molar-refractivity contribution in [2.24, 2.45) is 20.5 Å². The average molecular weight is 422 g/mol. The van der Waals surface area contributed by atoms with E-state index in [9.17, 15) is 24.9 Å². The van der Waals surface area contributed by atoms with Gasteiger partial charge in [-0.1, -0.05) is 0 Å². The number of carboxylic acid groups (broad SMARTS) is 2. The smallest absolute Gasteiger partial charge is 0.339 e. The highest BCUT2D eigenvalue weighted by atomic mass is 16.4. The zero-order valence-electron chi connectivity index (χ0n) is 15.5. The van der Waals surface area contributed by atoms with Crippen LogP contribution in [0.15, 0.2) is 75.1 Å². The fourth-order valence-corrected chi connectivity index (χ4v) is 2.40. The van der Waals surface area contributed by atoms with Gasteiger partial charge in [-0.3, -0.25) is 0 Å². The molecule has 11 heteroatoms. The van der Waals surface area contributed by atoms with Gasteiger partial charge in [0.05, 0.1) is 17.1 Å². The number of azo groups is 2. The van der Waals surface area contributed by atoms with Crippen molar-refractivity contribution in [1.29, 1.82) is 0 Å². The number of carboxylic acids is 2. The molecule has 0 aliphatic carbocycles. The lowest BCUT2D eigenvalue weighted by atomic mass is 10.2. The maximum atomic E-state index is 11.1. The van der Waals surface area contributed by atoms with E-state index in [2.05, 4.69) is 20.5 Å². The molecule has 0 radical (unpaired) electrons. The van der Waals surface area contributed by atoms with Gasteiger partial charge in [0.2, 0.25) is 0 Å². The maximum absolute atomic E-state index is 11.1. The molecule has 3 aromatic carbocycles. The van der Waals surface area contributed by atoms with Crippen LogP contribution < -0.4 is 0 Å². The summed E-state index contributed by atoms with van der Waals surface area (Å²) >= 11 is 0. The number of hydrogen-bond acceptors (Lipinski definition) is 9. The quantitative estimate of drug-likeness (QED) is 0.345. The van der Waals surface area contributed by atoms with E-state index >= 15 is 0 Å². The zero-order chi connectivity index (χ0) is 22.5. The van der Waals surface area contributed by atoms with Crippen LogP contribution in [0, 0.1) is 0 Å². The van der Waals surface area contributed by atoms with Crippen molar-refractivity contribution in [3.8, 4) is 17.2 Å². The van der Waals surface area contributed by atoms with Gasteiger partial charge in [-0.2, -0.15) is 15.3 Å². The van der Waals surface area contributed by atoms with E-state index in [0.29, 0.717) is 0 Å². The van der Waals surface area contributed by atoms with Gasteiger partial charge in [0, 0.05) is 0 Å². The molecule has 0 aliphatic rings. The van der Waals surface area contributed by atoms with Gasteiger partial charge in [0.1, 0.15) is 34.1 Å². The molecule has 3 rings (SSSR count). The predicted octanol–water partition coefficient (Wildman–Crippen LogP) is 5.03. The van der Waals surface area contributed by atoms with Crippen LogP contribution in [0.25, 0.3) is 0 Å². The summed E-state index contributed by atoms with van der Waals surface area (Å²) in [6.07, 6.45) is 0. The number of benzene rings is 3. The summed E-state index contributed by atoms with van der Waals surface area (Å²) < 4.78 is 0. The lowest BCUT2D eigenvalue weighted by Crippen LogP contribution is -1.95. The third-order valence-corrected chi connectivity index (χ3v) is 3.93. The summed E-state index contributed by atoms with van der Waals surface area (Å²) in [5, 5.41) is 62.6. The van der Waals surface area contributed by atoms with Crippen molar-refractivity contribution >= 4 is 34.7 Å². The first kappa shape index (κ1) is 20.9. The molecule has 0 fully saturated rings. The Bertz CT molecular complexity index is 1240. The Morgan fingerprint density at radius 2 is 0.935 bits per heavy atom. The molecule has 0 saturated heterocycles. The Hall–Kier alpha value is -4.80. The van der Waals surface area contributed by atoms with Crippen LogP contribution in [0.3, 0.4) is 0 Å². The van der Waals surface area contributed by atoms with Gasteiger partial charge < -0.3 is 25.5 Å². The van der Waals surface area contributed by atoms with Gasteiger partial charge in [0.15, 0.2) is 0 Å². The first-order valence-corrected chi connectivity index (χ1v) is 8.53. The molecule has 3 aromatic rings. The van der Waals surface area contributed by atoms with Crippen molar-refractivity contribution in [2.45, 2.75) is 0 Å². The first-order chi connectivity index (χ1) is 14.7. The van der Waals surface area contributed by atoms with Gasteiger partial charge in [-0.05, 0) is 54.6 Å². The minimum Gasteiger partial charge on any atom is -0.507 e. The summed E-state index contributed by atoms with van der Waals surface area (Å²) in [5.74, 6) is -3.70. The maximum Gasteiger partial charge on any atom is 0.339 e. The minimum atomic E-state index is -1.33. The van der Waals surface area contributed by atoms with Crippen LogP contribution in [-0.2, 0) is 0 Å². The molecule has 0 unspecified atom stereocenters. The van der Waals surface area contributed by atoms with E-state index in [0.717, 1.165) is 18.2 Å². The van der Waals surface area contributed by atoms with E-state index in [4.69, 9.17) is 10.2 Å². The van der Waals surface area contributed by atoms with Crippen molar-refractivity contribution in [1.82, 2.24) is 0 Å². The highest BCUT2D eigenvalue weighted by Crippen LogP contribution is 2.34. The molecule has 0 atom stereocenters. The van der Waals surface area contributed by atoms with Crippen LogP contribution in [0.1, 0.15) is 20.7 Å². The molecule has 156 valence electrons. The molecule has 11 nitrogen and oxygen atoms in total. The summed E-state index contributed by atoms with van der Waals surface area (Å²) in [5.41, 5.74) is -0.0975. The molecule has 0 amide bonds. The van der Waals surface area contributed by atoms with Crippen molar-refractivity contribution < 1.29 is 35.1 Å². The predicted molar refractivity (Wildman–Crippen MR) is 107 cm³/mol. The van der Waals surface area contributed by atoms with Crippen LogP contribution >= 0.6 is 0 Å². The van der Waals surface area contributed by atoms with Gasteiger partial charge in [0.25, 0.3) is 0 Å². The number of carbonyl (C=O) groups is 2.